The van der Waals surface area contributed by atoms with Crippen LogP contribution in [0.5, 0.6) is 5.75 Å². The van der Waals surface area contributed by atoms with Gasteiger partial charge in [0.1, 0.15) is 18.2 Å². The van der Waals surface area contributed by atoms with Crippen molar-refractivity contribution in [3.05, 3.63) is 64.8 Å². The fraction of sp³-hybridized carbons (Fsp3) is 0.0556. The highest BCUT2D eigenvalue weighted by Crippen LogP contribution is 2.26. The Morgan fingerprint density at radius 3 is 2.60 bits per heavy atom. The van der Waals surface area contributed by atoms with Crippen LogP contribution < -0.4 is 10.1 Å². The second-order valence-electron chi connectivity index (χ2n) is 5.41. The van der Waals surface area contributed by atoms with Crippen LogP contribution in [0.4, 0.5) is 4.79 Å². The number of benzene rings is 2. The first kappa shape index (κ1) is 15.5. The summed E-state index contributed by atoms with van der Waals surface area (Å²) in [6.45, 7) is 0.335. The van der Waals surface area contributed by atoms with Crippen LogP contribution in [0.25, 0.3) is 17.1 Å². The number of carbonyl (C=O) groups excluding carboxylic acids is 2. The normalized spacial score (nSPS) is 15.8. The number of fused-ring (bicyclic) bond motifs is 1. The van der Waals surface area contributed by atoms with E-state index in [0.717, 1.165) is 34.2 Å². The molecule has 2 N–H and O–H groups in total. The molecule has 1 aromatic heterocycles. The van der Waals surface area contributed by atoms with E-state index in [1.54, 1.807) is 6.08 Å². The molecule has 1 aliphatic heterocycles. The molecular formula is C18H13N3O3S. The Bertz CT molecular complexity index is 959. The Balaban J connectivity index is 1.43. The third-order valence-corrected chi connectivity index (χ3v) is 4.44. The van der Waals surface area contributed by atoms with Gasteiger partial charge >= 0.3 is 0 Å². The van der Waals surface area contributed by atoms with Crippen molar-refractivity contribution >= 4 is 40.0 Å². The molecule has 0 bridgehead atoms. The molecule has 2 aromatic carbocycles. The number of imide groups is 1. The van der Waals surface area contributed by atoms with Crippen LogP contribution in [0, 0.1) is 0 Å². The number of hydrogen-bond donors (Lipinski definition) is 2. The number of ether oxygens (including phenoxy) is 1. The minimum absolute atomic E-state index is 0.335. The Morgan fingerprint density at radius 2 is 1.88 bits per heavy atom. The first-order valence-corrected chi connectivity index (χ1v) is 8.40. The fourth-order valence-electron chi connectivity index (χ4n) is 2.46. The van der Waals surface area contributed by atoms with Gasteiger partial charge in [-0.25, -0.2) is 4.98 Å². The number of para-hydroxylation sites is 2. The van der Waals surface area contributed by atoms with Gasteiger partial charge in [-0.05, 0) is 47.7 Å². The number of H-pyrrole nitrogens is 1. The molecule has 1 aliphatic rings. The van der Waals surface area contributed by atoms with E-state index < -0.39 is 0 Å². The Hall–Kier alpha value is -3.06. The largest absolute Gasteiger partial charge is 0.486 e. The van der Waals surface area contributed by atoms with E-state index in [-0.39, 0.29) is 11.1 Å². The Morgan fingerprint density at radius 1 is 1.08 bits per heavy atom. The van der Waals surface area contributed by atoms with Crippen molar-refractivity contribution in [3.63, 3.8) is 0 Å². The number of rotatable bonds is 4. The summed E-state index contributed by atoms with van der Waals surface area (Å²) < 4.78 is 5.73. The summed E-state index contributed by atoms with van der Waals surface area (Å²) in [4.78, 5) is 30.7. The summed E-state index contributed by atoms with van der Waals surface area (Å²) in [5.41, 5.74) is 2.71. The van der Waals surface area contributed by atoms with Crippen molar-refractivity contribution in [2.75, 3.05) is 0 Å². The number of amides is 2. The molecule has 1 saturated heterocycles. The second-order valence-corrected chi connectivity index (χ2v) is 6.43. The van der Waals surface area contributed by atoms with Gasteiger partial charge in [0, 0.05) is 0 Å². The number of aromatic nitrogens is 2. The number of nitrogens with one attached hydrogen (secondary N) is 2. The highest BCUT2D eigenvalue weighted by atomic mass is 32.2. The van der Waals surface area contributed by atoms with Gasteiger partial charge in [0.05, 0.1) is 15.9 Å². The minimum Gasteiger partial charge on any atom is -0.486 e. The average molecular weight is 351 g/mol. The molecule has 3 aromatic rings. The molecule has 1 fully saturated rings. The van der Waals surface area contributed by atoms with Gasteiger partial charge < -0.3 is 9.72 Å². The maximum atomic E-state index is 11.5. The first-order chi connectivity index (χ1) is 12.2. The molecule has 124 valence electrons. The van der Waals surface area contributed by atoms with Crippen molar-refractivity contribution in [1.29, 1.82) is 0 Å². The van der Waals surface area contributed by atoms with Crippen LogP contribution in [0.3, 0.4) is 0 Å². The van der Waals surface area contributed by atoms with E-state index in [1.165, 1.54) is 0 Å². The molecule has 0 aliphatic carbocycles. The predicted molar refractivity (Wildman–Crippen MR) is 96.0 cm³/mol. The monoisotopic (exact) mass is 351 g/mol. The van der Waals surface area contributed by atoms with Gasteiger partial charge in [-0.2, -0.15) is 0 Å². The lowest BCUT2D eigenvalue weighted by Gasteiger charge is -2.04. The molecule has 0 unspecified atom stereocenters. The zero-order chi connectivity index (χ0) is 17.2. The Labute approximate surface area is 147 Å². The maximum Gasteiger partial charge on any atom is 0.290 e. The van der Waals surface area contributed by atoms with E-state index in [4.69, 9.17) is 4.74 Å². The molecule has 4 rings (SSSR count). The lowest BCUT2D eigenvalue weighted by atomic mass is 10.2. The van der Waals surface area contributed by atoms with Crippen LogP contribution in [-0.4, -0.2) is 21.1 Å². The summed E-state index contributed by atoms with van der Waals surface area (Å²) in [5, 5.41) is 1.88. The number of carbonyl (C=O) groups is 2. The molecule has 7 heteroatoms. The Kier molecular flexibility index (Phi) is 3.99. The summed E-state index contributed by atoms with van der Waals surface area (Å²) in [6.07, 6.45) is 1.67. The molecular weight excluding hydrogens is 338 g/mol. The lowest BCUT2D eigenvalue weighted by molar-refractivity contribution is -0.115. The highest BCUT2D eigenvalue weighted by Gasteiger charge is 2.24. The molecule has 6 nitrogen and oxygen atoms in total. The highest BCUT2D eigenvalue weighted by molar-refractivity contribution is 8.18. The zero-order valence-electron chi connectivity index (χ0n) is 13.0. The molecule has 2 amide bonds. The van der Waals surface area contributed by atoms with E-state index in [9.17, 15) is 9.59 Å². The van der Waals surface area contributed by atoms with Gasteiger partial charge in [-0.3, -0.25) is 14.9 Å². The van der Waals surface area contributed by atoms with Crippen LogP contribution in [-0.2, 0) is 11.4 Å². The summed E-state index contributed by atoms with van der Waals surface area (Å²) in [5.74, 6) is 1.09. The number of imidazole rings is 1. The standard InChI is InChI=1S/C18H13N3O3S/c22-17-15(25-18(23)21-17)9-11-5-7-12(8-6-11)24-10-16-19-13-3-1-2-4-14(13)20-16/h1-9H,10H2,(H,19,20)(H,21,22,23)/b15-9-. The number of aromatic amines is 1. The molecule has 0 radical (unpaired) electrons. The zero-order valence-corrected chi connectivity index (χ0v) is 13.8. The van der Waals surface area contributed by atoms with Crippen molar-refractivity contribution in [2.24, 2.45) is 0 Å². The maximum absolute atomic E-state index is 11.5. The van der Waals surface area contributed by atoms with Gasteiger partial charge in [-0.1, -0.05) is 24.3 Å². The van der Waals surface area contributed by atoms with Crippen molar-refractivity contribution in [1.82, 2.24) is 15.3 Å². The molecule has 25 heavy (non-hydrogen) atoms. The third-order valence-electron chi connectivity index (χ3n) is 3.63. The number of thioether (sulfide) groups is 1. The van der Waals surface area contributed by atoms with Gasteiger partial charge in [0.2, 0.25) is 0 Å². The van der Waals surface area contributed by atoms with Crippen LogP contribution in [0.1, 0.15) is 11.4 Å². The smallest absolute Gasteiger partial charge is 0.290 e. The van der Waals surface area contributed by atoms with Crippen LogP contribution >= 0.6 is 11.8 Å². The average Bonchev–Trinajstić information content (AvgIpc) is 3.16. The third kappa shape index (κ3) is 3.41. The van der Waals surface area contributed by atoms with E-state index in [2.05, 4.69) is 15.3 Å². The van der Waals surface area contributed by atoms with Crippen molar-refractivity contribution in [2.45, 2.75) is 6.61 Å². The number of hydrogen-bond acceptors (Lipinski definition) is 5. The SMILES string of the molecule is O=C1NC(=O)/C(=C/c2ccc(OCc3nc4ccccc4[nH]3)cc2)S1. The first-order valence-electron chi connectivity index (χ1n) is 7.59. The molecule has 0 saturated carbocycles. The summed E-state index contributed by atoms with van der Waals surface area (Å²) in [6, 6.07) is 15.1. The summed E-state index contributed by atoms with van der Waals surface area (Å²) >= 11 is 0.900. The van der Waals surface area contributed by atoms with Crippen molar-refractivity contribution < 1.29 is 14.3 Å². The topological polar surface area (TPSA) is 84.1 Å². The number of nitrogens with zero attached hydrogens (tertiary/aromatic N) is 1. The van der Waals surface area contributed by atoms with E-state index in [1.807, 2.05) is 48.5 Å². The molecule has 0 spiro atoms. The van der Waals surface area contributed by atoms with Gasteiger partial charge in [0.15, 0.2) is 0 Å². The van der Waals surface area contributed by atoms with Crippen LogP contribution in [0.15, 0.2) is 53.4 Å². The summed E-state index contributed by atoms with van der Waals surface area (Å²) in [7, 11) is 0. The molecule has 2 heterocycles. The fourth-order valence-corrected chi connectivity index (χ4v) is 3.14. The van der Waals surface area contributed by atoms with Gasteiger partial charge in [-0.15, -0.1) is 0 Å². The van der Waals surface area contributed by atoms with E-state index >= 15 is 0 Å². The molecule has 0 atom stereocenters. The quantitative estimate of drug-likeness (QED) is 0.703. The van der Waals surface area contributed by atoms with Gasteiger partial charge in [0.25, 0.3) is 11.1 Å². The van der Waals surface area contributed by atoms with Crippen molar-refractivity contribution in [3.8, 4) is 5.75 Å². The minimum atomic E-state index is -0.361. The predicted octanol–water partition coefficient (Wildman–Crippen LogP) is 3.47. The lowest BCUT2D eigenvalue weighted by Crippen LogP contribution is -2.17. The van der Waals surface area contributed by atoms with E-state index in [0.29, 0.717) is 17.3 Å². The van der Waals surface area contributed by atoms with Crippen LogP contribution in [0.2, 0.25) is 0 Å². The second kappa shape index (κ2) is 6.45.